The van der Waals surface area contributed by atoms with E-state index in [1.807, 2.05) is 6.92 Å². The standard InChI is InChI=1S/C24H32O6/c1-13-9-16-17-6-8-24(29,20(28)12-30-14(2)25)23(17,4)11-19(27)21(16)22(3)7-5-15(26)10-18(13)22/h10,13,16-17,21,29H,5-9,11-12H2,1-4H3/t13-,16-,17-,21+,22-,23-,24+/m0/s1. The van der Waals surface area contributed by atoms with Gasteiger partial charge in [-0.25, -0.2) is 0 Å². The number of ketones is 3. The highest BCUT2D eigenvalue weighted by atomic mass is 16.5. The Kier molecular flexibility index (Phi) is 4.88. The van der Waals surface area contributed by atoms with Crippen LogP contribution >= 0.6 is 0 Å². The van der Waals surface area contributed by atoms with Gasteiger partial charge in [0.1, 0.15) is 11.4 Å². The predicted molar refractivity (Wildman–Crippen MR) is 108 cm³/mol. The molecule has 7 atom stereocenters. The molecule has 0 heterocycles. The number of hydrogen-bond acceptors (Lipinski definition) is 6. The van der Waals surface area contributed by atoms with Gasteiger partial charge in [-0.15, -0.1) is 0 Å². The maximum absolute atomic E-state index is 13.6. The summed E-state index contributed by atoms with van der Waals surface area (Å²) in [6, 6.07) is 0. The largest absolute Gasteiger partial charge is 0.458 e. The fraction of sp³-hybridized carbons (Fsp3) is 0.750. The molecule has 4 aliphatic carbocycles. The molecule has 0 spiro atoms. The first kappa shape index (κ1) is 21.4. The molecule has 6 nitrogen and oxygen atoms in total. The third-order valence-corrected chi connectivity index (χ3v) is 8.99. The molecule has 164 valence electrons. The minimum atomic E-state index is -1.66. The summed E-state index contributed by atoms with van der Waals surface area (Å²) in [5.41, 5.74) is -1.73. The molecule has 1 N–H and O–H groups in total. The first-order valence-corrected chi connectivity index (χ1v) is 11.1. The minimum Gasteiger partial charge on any atom is -0.458 e. The lowest BCUT2D eigenvalue weighted by molar-refractivity contribution is -0.174. The molecule has 4 rings (SSSR count). The van der Waals surface area contributed by atoms with Crippen LogP contribution in [0.2, 0.25) is 0 Å². The van der Waals surface area contributed by atoms with Gasteiger partial charge in [0, 0.05) is 31.1 Å². The molecule has 0 unspecified atom stereocenters. The SMILES string of the molecule is CC(=O)OCC(=O)[C@]1(O)CC[C@H]2[C@@H]3C[C@H](C)C4=CC(=O)CC[C@]4(C)[C@H]3C(=O)C[C@@]21C. The molecular weight excluding hydrogens is 384 g/mol. The van der Waals surface area contributed by atoms with Gasteiger partial charge in [-0.3, -0.25) is 19.2 Å². The van der Waals surface area contributed by atoms with Gasteiger partial charge in [-0.2, -0.15) is 0 Å². The molecule has 6 heteroatoms. The van der Waals surface area contributed by atoms with Crippen molar-refractivity contribution in [2.24, 2.45) is 34.5 Å². The van der Waals surface area contributed by atoms with Gasteiger partial charge in [0.2, 0.25) is 5.78 Å². The Balaban J connectivity index is 1.70. The fourth-order valence-corrected chi connectivity index (χ4v) is 7.57. The van der Waals surface area contributed by atoms with Gasteiger partial charge >= 0.3 is 5.97 Å². The van der Waals surface area contributed by atoms with Crippen LogP contribution in [0.1, 0.15) is 66.2 Å². The van der Waals surface area contributed by atoms with Crippen LogP contribution in [0.25, 0.3) is 0 Å². The monoisotopic (exact) mass is 416 g/mol. The molecule has 0 aliphatic heterocycles. The van der Waals surface area contributed by atoms with E-state index in [2.05, 4.69) is 13.8 Å². The second-order valence-electron chi connectivity index (χ2n) is 10.5. The number of carbonyl (C=O) groups is 4. The summed E-state index contributed by atoms with van der Waals surface area (Å²) in [4.78, 5) is 49.7. The van der Waals surface area contributed by atoms with Gasteiger partial charge in [0.05, 0.1) is 0 Å². The van der Waals surface area contributed by atoms with Crippen molar-refractivity contribution in [3.63, 3.8) is 0 Å². The highest BCUT2D eigenvalue weighted by Crippen LogP contribution is 2.67. The summed E-state index contributed by atoms with van der Waals surface area (Å²) in [6.45, 7) is 6.90. The molecule has 3 saturated carbocycles. The number of carbonyl (C=O) groups excluding carboxylic acids is 4. The van der Waals surface area contributed by atoms with E-state index in [-0.39, 0.29) is 53.5 Å². The van der Waals surface area contributed by atoms with Crippen LogP contribution in [0.15, 0.2) is 11.6 Å². The average molecular weight is 417 g/mol. The Hall–Kier alpha value is -1.82. The summed E-state index contributed by atoms with van der Waals surface area (Å²) in [7, 11) is 0. The van der Waals surface area contributed by atoms with E-state index < -0.39 is 29.4 Å². The zero-order valence-corrected chi connectivity index (χ0v) is 18.3. The van der Waals surface area contributed by atoms with E-state index in [0.29, 0.717) is 19.3 Å². The molecule has 30 heavy (non-hydrogen) atoms. The molecule has 0 aromatic rings. The van der Waals surface area contributed by atoms with Gasteiger partial charge in [-0.05, 0) is 54.9 Å². The molecule has 3 fully saturated rings. The smallest absolute Gasteiger partial charge is 0.303 e. The van der Waals surface area contributed by atoms with E-state index in [1.54, 1.807) is 6.08 Å². The number of Topliss-reactive ketones (excluding diaryl/α,β-unsaturated/α-hetero) is 2. The predicted octanol–water partition coefficient (Wildman–Crippen LogP) is 2.81. The Morgan fingerprint density at radius 1 is 1.23 bits per heavy atom. The van der Waals surface area contributed by atoms with Crippen molar-refractivity contribution in [1.82, 2.24) is 0 Å². The minimum absolute atomic E-state index is 0.0462. The Bertz CT molecular complexity index is 858. The molecular formula is C24H32O6. The summed E-state index contributed by atoms with van der Waals surface area (Å²) in [6.07, 6.45) is 4.83. The summed E-state index contributed by atoms with van der Waals surface area (Å²) in [5, 5.41) is 11.5. The zero-order valence-electron chi connectivity index (χ0n) is 18.3. The fourth-order valence-electron chi connectivity index (χ4n) is 7.57. The third-order valence-electron chi connectivity index (χ3n) is 8.99. The molecule has 0 saturated heterocycles. The Morgan fingerprint density at radius 2 is 1.93 bits per heavy atom. The van der Waals surface area contributed by atoms with Gasteiger partial charge < -0.3 is 9.84 Å². The second kappa shape index (κ2) is 6.84. The lowest BCUT2D eigenvalue weighted by atomic mass is 9.44. The molecule has 4 aliphatic rings. The number of ether oxygens (including phenoxy) is 1. The van der Waals surface area contributed by atoms with Crippen LogP contribution < -0.4 is 0 Å². The van der Waals surface area contributed by atoms with Crippen molar-refractivity contribution in [3.8, 4) is 0 Å². The first-order valence-electron chi connectivity index (χ1n) is 11.1. The number of allylic oxidation sites excluding steroid dienone is 1. The van der Waals surface area contributed by atoms with Crippen LogP contribution in [-0.2, 0) is 23.9 Å². The van der Waals surface area contributed by atoms with Crippen LogP contribution in [0.5, 0.6) is 0 Å². The van der Waals surface area contributed by atoms with Crippen LogP contribution in [-0.4, -0.2) is 40.6 Å². The van der Waals surface area contributed by atoms with Crippen LogP contribution in [0.4, 0.5) is 0 Å². The summed E-state index contributed by atoms with van der Waals surface area (Å²) >= 11 is 0. The van der Waals surface area contributed by atoms with E-state index in [4.69, 9.17) is 4.74 Å². The van der Waals surface area contributed by atoms with E-state index in [0.717, 1.165) is 12.0 Å². The molecule has 0 amide bonds. The van der Waals surface area contributed by atoms with Crippen molar-refractivity contribution in [2.45, 2.75) is 71.8 Å². The number of fused-ring (bicyclic) bond motifs is 5. The molecule has 0 aromatic carbocycles. The Morgan fingerprint density at radius 3 is 2.60 bits per heavy atom. The van der Waals surface area contributed by atoms with Gasteiger partial charge in [0.15, 0.2) is 12.4 Å². The molecule has 0 bridgehead atoms. The lowest BCUT2D eigenvalue weighted by Gasteiger charge is -2.59. The van der Waals surface area contributed by atoms with Crippen LogP contribution in [0, 0.1) is 34.5 Å². The summed E-state index contributed by atoms with van der Waals surface area (Å²) in [5.74, 6) is -0.680. The van der Waals surface area contributed by atoms with E-state index in [1.165, 1.54) is 6.92 Å². The number of esters is 1. The Labute approximate surface area is 177 Å². The lowest BCUT2D eigenvalue weighted by Crippen LogP contribution is -2.61. The van der Waals surface area contributed by atoms with E-state index >= 15 is 0 Å². The van der Waals surface area contributed by atoms with Gasteiger partial charge in [-0.1, -0.05) is 26.3 Å². The number of aliphatic hydroxyl groups is 1. The number of rotatable bonds is 3. The highest BCUT2D eigenvalue weighted by Gasteiger charge is 2.69. The second-order valence-corrected chi connectivity index (χ2v) is 10.5. The van der Waals surface area contributed by atoms with Gasteiger partial charge in [0.25, 0.3) is 0 Å². The molecule has 0 aromatic heterocycles. The maximum Gasteiger partial charge on any atom is 0.303 e. The van der Waals surface area contributed by atoms with Crippen molar-refractivity contribution >= 4 is 23.3 Å². The first-order chi connectivity index (χ1) is 13.9. The van der Waals surface area contributed by atoms with E-state index in [9.17, 15) is 24.3 Å². The zero-order chi connectivity index (χ0) is 22.1. The average Bonchev–Trinajstić information content (AvgIpc) is 2.93. The maximum atomic E-state index is 13.6. The summed E-state index contributed by atoms with van der Waals surface area (Å²) < 4.78 is 4.88. The van der Waals surface area contributed by atoms with Crippen molar-refractivity contribution in [2.75, 3.05) is 6.61 Å². The molecule has 0 radical (unpaired) electrons. The normalized spacial score (nSPS) is 45.2. The quantitative estimate of drug-likeness (QED) is 0.711. The van der Waals surface area contributed by atoms with Crippen LogP contribution in [0.3, 0.4) is 0 Å². The van der Waals surface area contributed by atoms with Crippen molar-refractivity contribution in [3.05, 3.63) is 11.6 Å². The van der Waals surface area contributed by atoms with Crippen molar-refractivity contribution < 1.29 is 29.0 Å². The topological polar surface area (TPSA) is 97.7 Å². The van der Waals surface area contributed by atoms with Crippen molar-refractivity contribution in [1.29, 1.82) is 0 Å². The number of hydrogen-bond donors (Lipinski definition) is 1. The third kappa shape index (κ3) is 2.79. The highest BCUT2D eigenvalue weighted by molar-refractivity contribution is 5.95.